The Morgan fingerprint density at radius 2 is 2.12 bits per heavy atom. The molecule has 1 aromatic heterocycles. The largest absolute Gasteiger partial charge is 0.400 e. The lowest BCUT2D eigenvalue weighted by atomic mass is 10.6. The summed E-state index contributed by atoms with van der Waals surface area (Å²) in [5.74, 6) is -1.20. The fourth-order valence-corrected chi connectivity index (χ4v) is 2.64. The van der Waals surface area contributed by atoms with Crippen molar-refractivity contribution in [2.24, 2.45) is 0 Å². The van der Waals surface area contributed by atoms with E-state index in [-0.39, 0.29) is 5.00 Å². The van der Waals surface area contributed by atoms with Crippen LogP contribution in [-0.4, -0.2) is 30.5 Å². The van der Waals surface area contributed by atoms with E-state index in [1.807, 2.05) is 0 Å². The standard InChI is InChI=1S/C6H7N3O5S2/c1-3(10)7-5-4(9(11)12)8-6(15-5)16(2,13)14/h1-2H3,(H,7,10). The van der Waals surface area contributed by atoms with E-state index in [4.69, 9.17) is 0 Å². The Morgan fingerprint density at radius 3 is 2.50 bits per heavy atom. The fourth-order valence-electron chi connectivity index (χ4n) is 0.817. The molecule has 0 saturated carbocycles. The summed E-state index contributed by atoms with van der Waals surface area (Å²) in [6, 6.07) is 0. The van der Waals surface area contributed by atoms with Gasteiger partial charge in [0.25, 0.3) is 0 Å². The molecule has 1 N–H and O–H groups in total. The van der Waals surface area contributed by atoms with Crippen LogP contribution in [-0.2, 0) is 14.6 Å². The van der Waals surface area contributed by atoms with Gasteiger partial charge in [-0.2, -0.15) is 0 Å². The number of carbonyl (C=O) groups excluding carboxylic acids is 1. The van der Waals surface area contributed by atoms with Gasteiger partial charge in [-0.25, -0.2) is 8.42 Å². The number of anilines is 1. The molecule has 0 radical (unpaired) electrons. The van der Waals surface area contributed by atoms with Gasteiger partial charge in [0.05, 0.1) is 0 Å². The highest BCUT2D eigenvalue weighted by atomic mass is 32.2. The van der Waals surface area contributed by atoms with Crippen LogP contribution in [0.25, 0.3) is 0 Å². The summed E-state index contributed by atoms with van der Waals surface area (Å²) in [5.41, 5.74) is 0. The quantitative estimate of drug-likeness (QED) is 0.624. The Hall–Kier alpha value is -1.55. The first-order chi connectivity index (χ1) is 7.21. The predicted molar refractivity (Wildman–Crippen MR) is 56.2 cm³/mol. The number of nitro groups is 1. The lowest BCUT2D eigenvalue weighted by molar-refractivity contribution is -0.388. The van der Waals surface area contributed by atoms with Crippen molar-refractivity contribution in [2.45, 2.75) is 11.3 Å². The summed E-state index contributed by atoms with van der Waals surface area (Å²) in [4.78, 5) is 23.8. The highest BCUT2D eigenvalue weighted by molar-refractivity contribution is 7.92. The zero-order valence-corrected chi connectivity index (χ0v) is 9.89. The molecule has 0 aliphatic rings. The molecule has 0 fully saturated rings. The number of rotatable bonds is 3. The summed E-state index contributed by atoms with van der Waals surface area (Å²) in [6.45, 7) is 1.16. The van der Waals surface area contributed by atoms with Crippen LogP contribution in [0.5, 0.6) is 0 Å². The van der Waals surface area contributed by atoms with Crippen LogP contribution < -0.4 is 5.32 Å². The Balaban J connectivity index is 3.31. The summed E-state index contributed by atoms with van der Waals surface area (Å²) in [5, 5.41) is 12.5. The molecule has 0 saturated heterocycles. The molecule has 0 aliphatic heterocycles. The SMILES string of the molecule is CC(=O)Nc1sc(S(C)(=O)=O)nc1[N+](=O)[O-]. The van der Waals surface area contributed by atoms with Gasteiger partial charge in [-0.05, 0) is 9.91 Å². The minimum atomic E-state index is -3.62. The predicted octanol–water partition coefficient (Wildman–Crippen LogP) is 0.413. The highest BCUT2D eigenvalue weighted by Crippen LogP contribution is 2.33. The summed E-state index contributed by atoms with van der Waals surface area (Å²) in [6.07, 6.45) is 0.882. The average molecular weight is 265 g/mol. The molecule has 88 valence electrons. The number of nitrogens with zero attached hydrogens (tertiary/aromatic N) is 2. The molecule has 16 heavy (non-hydrogen) atoms. The highest BCUT2D eigenvalue weighted by Gasteiger charge is 2.28. The van der Waals surface area contributed by atoms with E-state index in [0.29, 0.717) is 11.3 Å². The van der Waals surface area contributed by atoms with Crippen LogP contribution >= 0.6 is 11.3 Å². The van der Waals surface area contributed by atoms with Gasteiger partial charge in [-0.1, -0.05) is 11.3 Å². The topological polar surface area (TPSA) is 119 Å². The number of sulfone groups is 1. The Morgan fingerprint density at radius 1 is 1.56 bits per heavy atom. The molecular weight excluding hydrogens is 258 g/mol. The zero-order chi connectivity index (χ0) is 12.5. The van der Waals surface area contributed by atoms with Crippen LogP contribution in [0.3, 0.4) is 0 Å². The number of nitrogens with one attached hydrogen (secondary N) is 1. The number of amides is 1. The maximum atomic E-state index is 11.1. The van der Waals surface area contributed by atoms with E-state index < -0.39 is 30.8 Å². The monoisotopic (exact) mass is 265 g/mol. The minimum Gasteiger partial charge on any atom is -0.358 e. The number of aromatic nitrogens is 1. The third-order valence-corrected chi connectivity index (χ3v) is 4.01. The average Bonchev–Trinajstić information content (AvgIpc) is 2.45. The minimum absolute atomic E-state index is 0.182. The van der Waals surface area contributed by atoms with Gasteiger partial charge in [0.2, 0.25) is 15.7 Å². The van der Waals surface area contributed by atoms with Gasteiger partial charge < -0.3 is 15.4 Å². The van der Waals surface area contributed by atoms with Crippen LogP contribution in [0.15, 0.2) is 4.34 Å². The summed E-state index contributed by atoms with van der Waals surface area (Å²) >= 11 is 0.550. The van der Waals surface area contributed by atoms with E-state index in [1.54, 1.807) is 0 Å². The Labute approximate surface area is 94.4 Å². The summed E-state index contributed by atoms with van der Waals surface area (Å²) < 4.78 is 21.8. The maximum absolute atomic E-state index is 11.1. The Kier molecular flexibility index (Phi) is 3.24. The van der Waals surface area contributed by atoms with Crippen LogP contribution in [0, 0.1) is 10.1 Å². The van der Waals surface area contributed by atoms with Crippen molar-refractivity contribution in [2.75, 3.05) is 11.6 Å². The first-order valence-corrected chi connectivity index (χ1v) is 6.55. The number of carbonyl (C=O) groups is 1. The molecule has 0 aromatic carbocycles. The van der Waals surface area contributed by atoms with Gasteiger partial charge >= 0.3 is 10.2 Å². The molecule has 8 nitrogen and oxygen atoms in total. The van der Waals surface area contributed by atoms with Gasteiger partial charge in [0, 0.05) is 13.2 Å². The second kappa shape index (κ2) is 4.14. The molecule has 1 rings (SSSR count). The lowest BCUT2D eigenvalue weighted by Crippen LogP contribution is -2.06. The zero-order valence-electron chi connectivity index (χ0n) is 8.25. The smallest absolute Gasteiger partial charge is 0.358 e. The molecule has 0 spiro atoms. The van der Waals surface area contributed by atoms with Gasteiger partial charge in [-0.3, -0.25) is 4.79 Å². The molecule has 1 heterocycles. The molecule has 0 aliphatic carbocycles. The second-order valence-electron chi connectivity index (χ2n) is 2.84. The van der Waals surface area contributed by atoms with Crippen molar-refractivity contribution in [1.29, 1.82) is 0 Å². The van der Waals surface area contributed by atoms with E-state index >= 15 is 0 Å². The van der Waals surface area contributed by atoms with Gasteiger partial charge in [0.1, 0.15) is 0 Å². The first kappa shape index (κ1) is 12.5. The molecule has 10 heteroatoms. The second-order valence-corrected chi connectivity index (χ2v) is 6.03. The summed E-state index contributed by atoms with van der Waals surface area (Å²) in [7, 11) is -3.62. The maximum Gasteiger partial charge on any atom is 0.400 e. The fraction of sp³-hybridized carbons (Fsp3) is 0.333. The van der Waals surface area contributed by atoms with E-state index in [2.05, 4.69) is 10.3 Å². The van der Waals surface area contributed by atoms with Crippen molar-refractivity contribution in [3.8, 4) is 0 Å². The lowest BCUT2D eigenvalue weighted by Gasteiger charge is -1.95. The molecule has 0 bridgehead atoms. The van der Waals surface area contributed by atoms with Crippen molar-refractivity contribution < 1.29 is 18.1 Å². The van der Waals surface area contributed by atoms with Gasteiger partial charge in [0.15, 0.2) is 5.00 Å². The normalized spacial score (nSPS) is 11.1. The van der Waals surface area contributed by atoms with Crippen molar-refractivity contribution >= 4 is 37.9 Å². The third kappa shape index (κ3) is 2.73. The van der Waals surface area contributed by atoms with Crippen molar-refractivity contribution in [3.63, 3.8) is 0 Å². The van der Waals surface area contributed by atoms with E-state index in [9.17, 15) is 23.3 Å². The van der Waals surface area contributed by atoms with Crippen LogP contribution in [0.2, 0.25) is 0 Å². The van der Waals surface area contributed by atoms with Crippen molar-refractivity contribution in [3.05, 3.63) is 10.1 Å². The Bertz CT molecular complexity index is 547. The van der Waals surface area contributed by atoms with Gasteiger partial charge in [-0.15, -0.1) is 0 Å². The number of hydrogen-bond acceptors (Lipinski definition) is 7. The van der Waals surface area contributed by atoms with Crippen molar-refractivity contribution in [1.82, 2.24) is 4.98 Å². The first-order valence-electron chi connectivity index (χ1n) is 3.84. The number of thiazole rings is 1. The van der Waals surface area contributed by atoms with Crippen LogP contribution in [0.1, 0.15) is 6.92 Å². The van der Waals surface area contributed by atoms with E-state index in [0.717, 1.165) is 13.2 Å². The van der Waals surface area contributed by atoms with E-state index in [1.165, 1.54) is 0 Å². The molecule has 1 aromatic rings. The third-order valence-electron chi connectivity index (χ3n) is 1.37. The molecular formula is C6H7N3O5S2. The molecule has 0 atom stereocenters. The van der Waals surface area contributed by atoms with Crippen LogP contribution in [0.4, 0.5) is 10.8 Å². The molecule has 1 amide bonds. The molecule has 0 unspecified atom stereocenters. The number of hydrogen-bond donors (Lipinski definition) is 1.